The number of anilines is 12. The Morgan fingerprint density at radius 1 is 0.194 bits per heavy atom. The number of benzene rings is 4. The second-order valence-corrected chi connectivity index (χ2v) is 29.8. The van der Waals surface area contributed by atoms with Crippen molar-refractivity contribution >= 4 is 116 Å². The molecule has 8 N–H and O–H groups in total. The Morgan fingerprint density at radius 3 is 0.398 bits per heavy atom. The second-order valence-electron chi connectivity index (χ2n) is 29.8. The maximum atomic E-state index is 14.8. The lowest BCUT2D eigenvalue weighted by atomic mass is 9.95. The number of carbonyl (C=O) groups excluding carboxylic acids is 8. The van der Waals surface area contributed by atoms with Gasteiger partial charge in [0.1, 0.15) is 45.6 Å². The van der Waals surface area contributed by atoms with Gasteiger partial charge in [-0.05, 0) is 300 Å². The lowest BCUT2D eigenvalue weighted by Crippen LogP contribution is -2.25. The molecule has 0 saturated carbocycles. The Kier molecular flexibility index (Phi) is 20.8. The summed E-state index contributed by atoms with van der Waals surface area (Å²) in [7, 11) is 0. The average Bonchev–Trinajstić information content (AvgIpc) is 0.884. The molecule has 24 heteroatoms. The summed E-state index contributed by atoms with van der Waals surface area (Å²) in [6.45, 7) is 35.6. The lowest BCUT2D eigenvalue weighted by molar-refractivity contribution is 0.0998. The molecule has 16 bridgehead atoms. The molecule has 108 heavy (non-hydrogen) atoms. The molecule has 24 nitrogen and oxygen atoms in total. The van der Waals surface area contributed by atoms with E-state index in [-0.39, 0.29) is 45.6 Å². The van der Waals surface area contributed by atoms with E-state index in [9.17, 15) is 38.4 Å². The second kappa shape index (κ2) is 30.0. The minimum atomic E-state index is -0.547. The number of nitrogens with one attached hydrogen (secondary N) is 8. The molecule has 4 aromatic carbocycles. The summed E-state index contributed by atoms with van der Waals surface area (Å²) in [6, 6.07) is 13.6. The van der Waals surface area contributed by atoms with Gasteiger partial charge in [-0.1, -0.05) is 0 Å². The minimum absolute atomic E-state index is 0.0183. The number of aromatic nitrogens is 4. The molecule has 8 aromatic rings. The van der Waals surface area contributed by atoms with Gasteiger partial charge < -0.3 is 62.1 Å². The van der Waals surface area contributed by atoms with Crippen LogP contribution in [0.15, 0.2) is 48.5 Å². The zero-order valence-electron chi connectivity index (χ0n) is 64.8. The number of rotatable bonds is 4. The van der Waals surface area contributed by atoms with Crippen molar-refractivity contribution in [2.45, 2.75) is 162 Å². The van der Waals surface area contributed by atoms with Crippen molar-refractivity contribution in [1.82, 2.24) is 19.9 Å². The molecular formula is C84H96N16O8. The van der Waals surface area contributed by atoms with Crippen molar-refractivity contribution in [2.75, 3.05) is 114 Å². The molecular weight excluding hydrogens is 1360 g/mol. The van der Waals surface area contributed by atoms with Crippen LogP contribution >= 0.6 is 0 Å². The number of nitrogens with zero attached hydrogens (tertiary/aromatic N) is 8. The summed E-state index contributed by atoms with van der Waals surface area (Å²) in [4.78, 5) is 146. The summed E-state index contributed by atoms with van der Waals surface area (Å²) in [6.07, 6.45) is 7.46. The van der Waals surface area contributed by atoms with Crippen LogP contribution in [0.4, 0.5) is 68.2 Å². The first-order valence-corrected chi connectivity index (χ1v) is 37.5. The third-order valence-corrected chi connectivity index (χ3v) is 23.4. The van der Waals surface area contributed by atoms with E-state index < -0.39 is 47.3 Å². The summed E-state index contributed by atoms with van der Waals surface area (Å²) in [5, 5.41) is 25.1. The van der Waals surface area contributed by atoms with Gasteiger partial charge in [0.2, 0.25) is 0 Å². The van der Waals surface area contributed by atoms with Crippen molar-refractivity contribution in [3.05, 3.63) is 183 Å². The Hall–Kier alpha value is -11.6. The van der Waals surface area contributed by atoms with E-state index in [0.717, 1.165) is 104 Å². The average molecular weight is 1460 g/mol. The standard InChI is InChI=1S/C84H96N16O8/c1-41-42(2)70-44(4)43(3)69(41)89-77(101)61-33-57(97-25-17-18-26-97)35-63(85-61)79(103)91-71-45(5)47(7)73(48(8)46(71)6)93-81(105)65-37-59(99-29-21-22-30-99)39-67(87-65)83(107)95-75-53(13)55(15)76(56(16)54(75)14)96-84(108)68-40-60(100-31-23-24-32-100)38-66(88-68)82(106)94-74-51(11)49(9)72(50(10)52(74)12)92-80(104)64-36-58(98-27-19-20-28-98)34-62(86-64)78(102)90-70/h33-40H,17-32H2,1-16H3,(H,89,101)(H,90,102)(H,91,103)(H,92,104)(H,93,105)(H,94,106)(H,95,107)(H,96,108). The summed E-state index contributed by atoms with van der Waals surface area (Å²) in [5.41, 5.74) is 17.7. The van der Waals surface area contributed by atoms with Crippen LogP contribution in [0.2, 0.25) is 0 Å². The molecule has 14 aliphatic heterocycles. The smallest absolute Gasteiger partial charge is 0.274 e. The summed E-state index contributed by atoms with van der Waals surface area (Å²) >= 11 is 0. The normalized spacial score (nSPS) is 16.2. The van der Waals surface area contributed by atoms with Crippen molar-refractivity contribution < 1.29 is 38.4 Å². The largest absolute Gasteiger partial charge is 0.371 e. The number of amides is 8. The minimum Gasteiger partial charge on any atom is -0.371 e. The van der Waals surface area contributed by atoms with E-state index in [0.29, 0.717) is 157 Å². The SMILES string of the molecule is Cc1c(C)c2c(C)c(C)c1NC(=O)c1cc(N3CCCC3)cc(n1)C(=O)Nc1c(C)c(C)c(c(C)c1C)NC(=O)c1cc(N3CCCC3)cc(n1)C(=O)Nc1c(C)c(C)c(c(C)c1C)NC(=O)c1cc(N3CCCC3)cc(n1)C(=O)Nc1c(C)c(C)c(c(C)c1C)NC(=O)c1cc(N3CCCC3)cc(n1)C(=O)N2. The Bertz CT molecular complexity index is 4150. The summed E-state index contributed by atoms with van der Waals surface area (Å²) < 4.78 is 0. The Morgan fingerprint density at radius 2 is 0.296 bits per heavy atom. The van der Waals surface area contributed by atoms with Crippen LogP contribution in [-0.2, 0) is 0 Å². The maximum absolute atomic E-state index is 14.8. The van der Waals surface area contributed by atoms with Crippen LogP contribution in [0.3, 0.4) is 0 Å². The molecule has 0 radical (unpaired) electrons. The molecule has 4 aromatic heterocycles. The van der Waals surface area contributed by atoms with Crippen LogP contribution in [0.1, 0.15) is 224 Å². The molecule has 18 heterocycles. The number of carbonyl (C=O) groups is 8. The number of hydrogen-bond donors (Lipinski definition) is 8. The van der Waals surface area contributed by atoms with E-state index in [2.05, 4.69) is 62.1 Å². The van der Waals surface area contributed by atoms with E-state index >= 15 is 0 Å². The van der Waals surface area contributed by atoms with Gasteiger partial charge >= 0.3 is 0 Å². The van der Waals surface area contributed by atoms with Crippen LogP contribution in [0, 0.1) is 111 Å². The molecule has 4 saturated heterocycles. The van der Waals surface area contributed by atoms with Crippen molar-refractivity contribution in [3.63, 3.8) is 0 Å². The highest BCUT2D eigenvalue weighted by Crippen LogP contribution is 2.41. The van der Waals surface area contributed by atoms with Gasteiger partial charge in [-0.25, -0.2) is 19.9 Å². The number of pyridine rings is 4. The predicted molar refractivity (Wildman–Crippen MR) is 428 cm³/mol. The van der Waals surface area contributed by atoms with Gasteiger partial charge in [0.25, 0.3) is 47.3 Å². The first-order valence-electron chi connectivity index (χ1n) is 37.5. The highest BCUT2D eigenvalue weighted by Gasteiger charge is 2.32. The molecule has 560 valence electrons. The number of hydrogen-bond acceptors (Lipinski definition) is 16. The molecule has 8 amide bonds. The van der Waals surface area contributed by atoms with E-state index in [1.165, 1.54) is 0 Å². The first-order chi connectivity index (χ1) is 51.5. The van der Waals surface area contributed by atoms with Gasteiger partial charge in [0, 0.05) is 121 Å². The fourth-order valence-electron chi connectivity index (χ4n) is 15.8. The zero-order chi connectivity index (χ0) is 77.2. The van der Waals surface area contributed by atoms with Crippen LogP contribution in [0.25, 0.3) is 0 Å². The monoisotopic (exact) mass is 1460 g/mol. The molecule has 0 spiro atoms. The maximum Gasteiger partial charge on any atom is 0.274 e. The zero-order valence-corrected chi connectivity index (χ0v) is 64.8. The van der Waals surface area contributed by atoms with Gasteiger partial charge in [0.15, 0.2) is 0 Å². The third kappa shape index (κ3) is 14.3. The lowest BCUT2D eigenvalue weighted by Gasteiger charge is -2.24. The fraction of sp³-hybridized carbons (Fsp3) is 0.381. The van der Waals surface area contributed by atoms with Crippen molar-refractivity contribution in [2.24, 2.45) is 0 Å². The summed E-state index contributed by atoms with van der Waals surface area (Å²) in [5.74, 6) is -4.37. The van der Waals surface area contributed by atoms with Crippen molar-refractivity contribution in [3.8, 4) is 0 Å². The third-order valence-electron chi connectivity index (χ3n) is 23.4. The van der Waals surface area contributed by atoms with E-state index in [1.54, 1.807) is 48.5 Å². The molecule has 0 atom stereocenters. The van der Waals surface area contributed by atoms with Crippen LogP contribution in [-0.4, -0.2) is 120 Å². The van der Waals surface area contributed by atoms with Gasteiger partial charge in [-0.15, -0.1) is 0 Å². The Labute approximate surface area is 630 Å². The molecule has 0 aliphatic carbocycles. The van der Waals surface area contributed by atoms with E-state index in [1.807, 2.05) is 111 Å². The molecule has 0 unspecified atom stereocenters. The van der Waals surface area contributed by atoms with Gasteiger partial charge in [-0.2, -0.15) is 0 Å². The van der Waals surface area contributed by atoms with Gasteiger partial charge in [-0.3, -0.25) is 38.4 Å². The molecule has 22 rings (SSSR count). The van der Waals surface area contributed by atoms with Crippen molar-refractivity contribution in [1.29, 1.82) is 0 Å². The topological polar surface area (TPSA) is 297 Å². The molecule has 4 fully saturated rings. The van der Waals surface area contributed by atoms with E-state index in [4.69, 9.17) is 19.9 Å². The predicted octanol–water partition coefficient (Wildman–Crippen LogP) is 14.9. The quantitative estimate of drug-likeness (QED) is 0.0812. The first kappa shape index (κ1) is 74.7. The van der Waals surface area contributed by atoms with Crippen LogP contribution in [0.5, 0.6) is 0 Å². The highest BCUT2D eigenvalue weighted by molar-refractivity contribution is 6.14. The fourth-order valence-corrected chi connectivity index (χ4v) is 15.8. The Balaban J connectivity index is 0.892. The van der Waals surface area contributed by atoms with Crippen LogP contribution < -0.4 is 62.1 Å². The highest BCUT2D eigenvalue weighted by atomic mass is 16.2. The van der Waals surface area contributed by atoms with Gasteiger partial charge in [0.05, 0.1) is 0 Å². The molecule has 14 aliphatic rings.